The van der Waals surface area contributed by atoms with Gasteiger partial charge in [0.2, 0.25) is 0 Å². The van der Waals surface area contributed by atoms with Gasteiger partial charge in [0.1, 0.15) is 12.6 Å². The maximum Gasteiger partial charge on any atom is 0.251 e. The van der Waals surface area contributed by atoms with Gasteiger partial charge < -0.3 is 14.8 Å². The van der Waals surface area contributed by atoms with E-state index >= 15 is 0 Å². The maximum absolute atomic E-state index is 12.1. The summed E-state index contributed by atoms with van der Waals surface area (Å²) >= 11 is 5.21. The average Bonchev–Trinajstić information content (AvgIpc) is 2.87. The third-order valence-corrected chi connectivity index (χ3v) is 4.27. The number of carbonyl (C=O) groups is 1. The van der Waals surface area contributed by atoms with Crippen LogP contribution in [0.1, 0.15) is 18.1 Å². The van der Waals surface area contributed by atoms with Crippen molar-refractivity contribution in [3.63, 3.8) is 0 Å². The zero-order valence-electron chi connectivity index (χ0n) is 14.1. The van der Waals surface area contributed by atoms with E-state index in [0.717, 1.165) is 11.1 Å². The maximum atomic E-state index is 12.1. The van der Waals surface area contributed by atoms with Crippen molar-refractivity contribution in [1.29, 1.82) is 0 Å². The van der Waals surface area contributed by atoms with Crippen LogP contribution in [0.5, 0.6) is 11.5 Å². The number of thiocarbonyl (C=S) groups is 1. The van der Waals surface area contributed by atoms with Crippen molar-refractivity contribution >= 4 is 23.2 Å². The molecule has 0 aliphatic carbocycles. The van der Waals surface area contributed by atoms with E-state index in [2.05, 4.69) is 10.3 Å². The molecule has 130 valence electrons. The van der Waals surface area contributed by atoms with Gasteiger partial charge in [-0.15, -0.1) is 0 Å². The monoisotopic (exact) mass is 357 g/mol. The second kappa shape index (κ2) is 7.48. The molecule has 25 heavy (non-hydrogen) atoms. The number of pyridine rings is 1. The van der Waals surface area contributed by atoms with Gasteiger partial charge in [-0.25, -0.2) is 0 Å². The first kappa shape index (κ1) is 17.2. The van der Waals surface area contributed by atoms with Crippen LogP contribution in [0.25, 0.3) is 0 Å². The molecule has 0 unspecified atom stereocenters. The van der Waals surface area contributed by atoms with Crippen molar-refractivity contribution in [3.05, 3.63) is 53.9 Å². The summed E-state index contributed by atoms with van der Waals surface area (Å²) in [5, 5.41) is 3.42. The van der Waals surface area contributed by atoms with Crippen LogP contribution in [0.3, 0.4) is 0 Å². The van der Waals surface area contributed by atoms with Crippen molar-refractivity contribution in [2.75, 3.05) is 7.11 Å². The highest BCUT2D eigenvalue weighted by atomic mass is 32.1. The molecule has 3 rings (SSSR count). The summed E-state index contributed by atoms with van der Waals surface area (Å²) in [4.78, 5) is 17.7. The standard InChI is InChI=1S/C18H19N3O3S/c1-12-17(22)21(18(25)20-12)10-14-3-4-15(16(9-14)23-2)24-11-13-5-7-19-8-6-13/h3-9,12H,10-11H2,1-2H3,(H,20,25)/t12-/m1/s1. The smallest absolute Gasteiger partial charge is 0.251 e. The molecule has 0 bridgehead atoms. The third-order valence-electron chi connectivity index (χ3n) is 3.93. The van der Waals surface area contributed by atoms with E-state index in [1.807, 2.05) is 30.3 Å². The third kappa shape index (κ3) is 3.88. The van der Waals surface area contributed by atoms with Gasteiger partial charge in [-0.2, -0.15) is 0 Å². The van der Waals surface area contributed by atoms with Crippen LogP contribution in [0, 0.1) is 0 Å². The van der Waals surface area contributed by atoms with Gasteiger partial charge in [-0.1, -0.05) is 6.07 Å². The van der Waals surface area contributed by atoms with E-state index in [-0.39, 0.29) is 11.9 Å². The Morgan fingerprint density at radius 2 is 1.96 bits per heavy atom. The molecule has 7 heteroatoms. The van der Waals surface area contributed by atoms with Gasteiger partial charge in [-0.05, 0) is 54.5 Å². The summed E-state index contributed by atoms with van der Waals surface area (Å²) in [5.41, 5.74) is 1.94. The Hall–Kier alpha value is -2.67. The van der Waals surface area contributed by atoms with E-state index in [4.69, 9.17) is 21.7 Å². The van der Waals surface area contributed by atoms with Gasteiger partial charge in [0.15, 0.2) is 16.6 Å². The molecule has 1 fully saturated rings. The lowest BCUT2D eigenvalue weighted by Gasteiger charge is -2.17. The van der Waals surface area contributed by atoms with Gasteiger partial charge in [0.25, 0.3) is 5.91 Å². The Bertz CT molecular complexity index is 782. The number of nitrogens with zero attached hydrogens (tertiary/aromatic N) is 2. The molecule has 1 aliphatic heterocycles. The van der Waals surface area contributed by atoms with Crippen LogP contribution in [-0.4, -0.2) is 34.1 Å². The van der Waals surface area contributed by atoms with Crippen LogP contribution in [-0.2, 0) is 17.9 Å². The fraction of sp³-hybridized carbons (Fsp3) is 0.278. The molecule has 2 heterocycles. The summed E-state index contributed by atoms with van der Waals surface area (Å²) in [6.07, 6.45) is 3.45. The molecule has 1 saturated heterocycles. The number of hydrogen-bond donors (Lipinski definition) is 1. The normalized spacial score (nSPS) is 16.7. The fourth-order valence-corrected chi connectivity index (χ4v) is 2.89. The van der Waals surface area contributed by atoms with E-state index in [0.29, 0.717) is 29.8 Å². The lowest BCUT2D eigenvalue weighted by atomic mass is 10.2. The summed E-state index contributed by atoms with van der Waals surface area (Å²) < 4.78 is 11.3. The molecule has 1 N–H and O–H groups in total. The highest BCUT2D eigenvalue weighted by Gasteiger charge is 2.32. The average molecular weight is 357 g/mol. The molecule has 1 aromatic carbocycles. The molecule has 6 nitrogen and oxygen atoms in total. The quantitative estimate of drug-likeness (QED) is 0.800. The fourth-order valence-electron chi connectivity index (χ4n) is 2.56. The predicted molar refractivity (Wildman–Crippen MR) is 97.3 cm³/mol. The number of rotatable bonds is 6. The van der Waals surface area contributed by atoms with Gasteiger partial charge in [0, 0.05) is 12.4 Å². The highest BCUT2D eigenvalue weighted by Crippen LogP contribution is 2.29. The summed E-state index contributed by atoms with van der Waals surface area (Å²) in [7, 11) is 1.59. The first-order chi connectivity index (χ1) is 12.1. The van der Waals surface area contributed by atoms with E-state index in [1.165, 1.54) is 0 Å². The Morgan fingerprint density at radius 1 is 1.20 bits per heavy atom. The van der Waals surface area contributed by atoms with E-state index in [9.17, 15) is 4.79 Å². The number of methoxy groups -OCH3 is 1. The van der Waals surface area contributed by atoms with Crippen molar-refractivity contribution < 1.29 is 14.3 Å². The second-order valence-corrected chi connectivity index (χ2v) is 6.11. The van der Waals surface area contributed by atoms with Crippen molar-refractivity contribution in [1.82, 2.24) is 15.2 Å². The number of ether oxygens (including phenoxy) is 2. The van der Waals surface area contributed by atoms with E-state index < -0.39 is 0 Å². The second-order valence-electron chi connectivity index (χ2n) is 5.72. The van der Waals surface area contributed by atoms with Crippen molar-refractivity contribution in [2.45, 2.75) is 26.1 Å². The number of benzene rings is 1. The molecule has 1 aliphatic rings. The van der Waals surface area contributed by atoms with Crippen LogP contribution < -0.4 is 14.8 Å². The number of nitrogens with one attached hydrogen (secondary N) is 1. The van der Waals surface area contributed by atoms with Crippen LogP contribution in [0.2, 0.25) is 0 Å². The molecular weight excluding hydrogens is 338 g/mol. The largest absolute Gasteiger partial charge is 0.493 e. The molecule has 0 radical (unpaired) electrons. The molecular formula is C18H19N3O3S. The first-order valence-electron chi connectivity index (χ1n) is 7.89. The van der Waals surface area contributed by atoms with Gasteiger partial charge in [0.05, 0.1) is 13.7 Å². The van der Waals surface area contributed by atoms with E-state index in [1.54, 1.807) is 31.3 Å². The lowest BCUT2D eigenvalue weighted by molar-refractivity contribution is -0.127. The minimum atomic E-state index is -0.280. The van der Waals surface area contributed by atoms with Gasteiger partial charge in [-0.3, -0.25) is 14.7 Å². The lowest BCUT2D eigenvalue weighted by Crippen LogP contribution is -2.30. The zero-order chi connectivity index (χ0) is 17.8. The summed E-state index contributed by atoms with van der Waals surface area (Å²) in [5.74, 6) is 1.23. The van der Waals surface area contributed by atoms with Gasteiger partial charge >= 0.3 is 0 Å². The highest BCUT2D eigenvalue weighted by molar-refractivity contribution is 7.80. The molecule has 1 aromatic heterocycles. The Balaban J connectivity index is 1.71. The SMILES string of the molecule is COc1cc(CN2C(=O)[C@@H](C)NC2=S)ccc1OCc1ccncc1. The van der Waals surface area contributed by atoms with Crippen molar-refractivity contribution in [2.24, 2.45) is 0 Å². The predicted octanol–water partition coefficient (Wildman–Crippen LogP) is 2.27. The minimum Gasteiger partial charge on any atom is -0.493 e. The topological polar surface area (TPSA) is 63.7 Å². The molecule has 0 spiro atoms. The molecule has 0 saturated carbocycles. The zero-order valence-corrected chi connectivity index (χ0v) is 14.9. The van der Waals surface area contributed by atoms with Crippen molar-refractivity contribution in [3.8, 4) is 11.5 Å². The number of carbonyl (C=O) groups excluding carboxylic acids is 1. The Kier molecular flexibility index (Phi) is 5.14. The molecule has 1 amide bonds. The van der Waals surface area contributed by atoms with Crippen LogP contribution in [0.4, 0.5) is 0 Å². The molecule has 2 aromatic rings. The summed E-state index contributed by atoms with van der Waals surface area (Å²) in [6, 6.07) is 9.13. The van der Waals surface area contributed by atoms with Crippen LogP contribution >= 0.6 is 12.2 Å². The Morgan fingerprint density at radius 3 is 2.60 bits per heavy atom. The first-order valence-corrected chi connectivity index (χ1v) is 8.30. The number of hydrogen-bond acceptors (Lipinski definition) is 5. The minimum absolute atomic E-state index is 0.0259. The van der Waals surface area contributed by atoms with Crippen LogP contribution in [0.15, 0.2) is 42.7 Å². The number of amides is 1. The Labute approximate surface area is 151 Å². The summed E-state index contributed by atoms with van der Waals surface area (Å²) in [6.45, 7) is 2.62. The molecule has 1 atom stereocenters. The number of aromatic nitrogens is 1.